The summed E-state index contributed by atoms with van der Waals surface area (Å²) in [5.41, 5.74) is 2.75. The molecule has 1 N–H and O–H groups in total. The first-order valence-electron chi connectivity index (χ1n) is 5.96. The number of allylic oxidation sites excluding steroid dienone is 4. The molecule has 0 aliphatic heterocycles. The van der Waals surface area contributed by atoms with Crippen molar-refractivity contribution in [3.63, 3.8) is 0 Å². The van der Waals surface area contributed by atoms with E-state index in [0.717, 1.165) is 19.3 Å². The fraction of sp³-hybridized carbons (Fsp3) is 0.600. The SMILES string of the molecule is C#CC(C/C=C(\C)CCC=C(C)C)CCO. The van der Waals surface area contributed by atoms with Crippen molar-refractivity contribution in [2.45, 2.75) is 46.5 Å². The van der Waals surface area contributed by atoms with Crippen LogP contribution in [0.4, 0.5) is 0 Å². The fourth-order valence-corrected chi connectivity index (χ4v) is 1.46. The van der Waals surface area contributed by atoms with E-state index in [4.69, 9.17) is 11.5 Å². The second-order valence-electron chi connectivity index (χ2n) is 4.48. The Bertz CT molecular complexity index is 274. The molecule has 0 aromatic heterocycles. The minimum absolute atomic E-state index is 0.180. The van der Waals surface area contributed by atoms with Gasteiger partial charge >= 0.3 is 0 Å². The summed E-state index contributed by atoms with van der Waals surface area (Å²) in [5.74, 6) is 2.90. The summed E-state index contributed by atoms with van der Waals surface area (Å²) >= 11 is 0. The highest BCUT2D eigenvalue weighted by molar-refractivity contribution is 5.05. The zero-order chi connectivity index (χ0) is 12.4. The molecule has 0 saturated heterocycles. The number of hydrogen-bond donors (Lipinski definition) is 1. The molecule has 0 radical (unpaired) electrons. The van der Waals surface area contributed by atoms with Crippen LogP contribution in [0.5, 0.6) is 0 Å². The van der Waals surface area contributed by atoms with Crippen LogP contribution in [0, 0.1) is 18.3 Å². The Labute approximate surface area is 100 Å². The number of aliphatic hydroxyl groups is 1. The molecule has 0 aliphatic carbocycles. The standard InChI is InChI=1S/C15H24O/c1-5-15(11-12-16)10-9-14(4)8-6-7-13(2)3/h1,7,9,15-16H,6,8,10-12H2,2-4H3/b14-9+. The maximum atomic E-state index is 8.81. The van der Waals surface area contributed by atoms with E-state index in [2.05, 4.69) is 38.8 Å². The van der Waals surface area contributed by atoms with E-state index in [1.807, 2.05) is 0 Å². The predicted octanol–water partition coefficient (Wildman–Crippen LogP) is 3.70. The minimum atomic E-state index is 0.180. The molecule has 0 saturated carbocycles. The van der Waals surface area contributed by atoms with E-state index in [1.165, 1.54) is 11.1 Å². The molecule has 1 nitrogen and oxygen atoms in total. The maximum Gasteiger partial charge on any atom is 0.0442 e. The van der Waals surface area contributed by atoms with Gasteiger partial charge < -0.3 is 5.11 Å². The van der Waals surface area contributed by atoms with E-state index in [9.17, 15) is 0 Å². The summed E-state index contributed by atoms with van der Waals surface area (Å²) in [6.45, 7) is 6.56. The van der Waals surface area contributed by atoms with E-state index in [1.54, 1.807) is 0 Å². The van der Waals surface area contributed by atoms with Gasteiger partial charge in [-0.25, -0.2) is 0 Å². The van der Waals surface area contributed by atoms with Gasteiger partial charge in [0.05, 0.1) is 0 Å². The first-order valence-corrected chi connectivity index (χ1v) is 5.96. The maximum absolute atomic E-state index is 8.81. The zero-order valence-corrected chi connectivity index (χ0v) is 10.8. The predicted molar refractivity (Wildman–Crippen MR) is 71.1 cm³/mol. The molecule has 0 rings (SSSR count). The molecule has 1 atom stereocenters. The van der Waals surface area contributed by atoms with Crippen LogP contribution in [0.15, 0.2) is 23.3 Å². The van der Waals surface area contributed by atoms with E-state index >= 15 is 0 Å². The number of rotatable bonds is 7. The van der Waals surface area contributed by atoms with Crippen LogP contribution in [0.3, 0.4) is 0 Å². The Kier molecular flexibility index (Phi) is 8.66. The second kappa shape index (κ2) is 9.24. The summed E-state index contributed by atoms with van der Waals surface area (Å²) < 4.78 is 0. The molecule has 1 heteroatoms. The molecule has 0 amide bonds. The lowest BCUT2D eigenvalue weighted by atomic mass is 10.00. The monoisotopic (exact) mass is 220 g/mol. The van der Waals surface area contributed by atoms with Crippen molar-refractivity contribution in [1.29, 1.82) is 0 Å². The van der Waals surface area contributed by atoms with Crippen molar-refractivity contribution in [3.05, 3.63) is 23.3 Å². The normalized spacial score (nSPS) is 13.1. The van der Waals surface area contributed by atoms with Gasteiger partial charge in [-0.1, -0.05) is 23.3 Å². The molecule has 1 unspecified atom stereocenters. The zero-order valence-electron chi connectivity index (χ0n) is 10.8. The minimum Gasteiger partial charge on any atom is -0.396 e. The summed E-state index contributed by atoms with van der Waals surface area (Å²) in [7, 11) is 0. The van der Waals surface area contributed by atoms with Gasteiger partial charge in [0, 0.05) is 12.5 Å². The number of terminal acetylenes is 1. The number of aliphatic hydroxyl groups excluding tert-OH is 1. The first-order chi connectivity index (χ1) is 7.60. The first kappa shape index (κ1) is 15.0. The van der Waals surface area contributed by atoms with Gasteiger partial charge in [-0.2, -0.15) is 0 Å². The Hall–Kier alpha value is -1.00. The topological polar surface area (TPSA) is 20.2 Å². The van der Waals surface area contributed by atoms with E-state index in [-0.39, 0.29) is 12.5 Å². The van der Waals surface area contributed by atoms with Gasteiger partial charge in [0.1, 0.15) is 0 Å². The third-order valence-electron chi connectivity index (χ3n) is 2.56. The second-order valence-corrected chi connectivity index (χ2v) is 4.48. The molecule has 0 aromatic carbocycles. The summed E-state index contributed by atoms with van der Waals surface area (Å²) in [6.07, 6.45) is 13.6. The molecular formula is C15H24O. The molecule has 0 spiro atoms. The van der Waals surface area contributed by atoms with Crippen LogP contribution in [-0.2, 0) is 0 Å². The Morgan fingerprint density at radius 3 is 2.50 bits per heavy atom. The molecule has 0 heterocycles. The summed E-state index contributed by atoms with van der Waals surface area (Å²) in [5, 5.41) is 8.81. The number of hydrogen-bond acceptors (Lipinski definition) is 1. The Balaban J connectivity index is 3.94. The van der Waals surface area contributed by atoms with Gasteiger partial charge in [-0.3, -0.25) is 0 Å². The van der Waals surface area contributed by atoms with Crippen LogP contribution in [0.1, 0.15) is 46.5 Å². The molecular weight excluding hydrogens is 196 g/mol. The molecule has 90 valence electrons. The Morgan fingerprint density at radius 2 is 2.00 bits per heavy atom. The fourth-order valence-electron chi connectivity index (χ4n) is 1.46. The van der Waals surface area contributed by atoms with Crippen LogP contribution in [0.2, 0.25) is 0 Å². The summed E-state index contributed by atoms with van der Waals surface area (Å²) in [6, 6.07) is 0. The third kappa shape index (κ3) is 8.32. The highest BCUT2D eigenvalue weighted by Gasteiger charge is 2.01. The average Bonchev–Trinajstić information content (AvgIpc) is 2.23. The lowest BCUT2D eigenvalue weighted by Gasteiger charge is -2.06. The molecule has 0 fully saturated rings. The average molecular weight is 220 g/mol. The quantitative estimate of drug-likeness (QED) is 0.512. The van der Waals surface area contributed by atoms with E-state index in [0.29, 0.717) is 6.42 Å². The van der Waals surface area contributed by atoms with Crippen LogP contribution < -0.4 is 0 Å². The molecule has 0 aromatic rings. The van der Waals surface area contributed by atoms with E-state index < -0.39 is 0 Å². The van der Waals surface area contributed by atoms with Gasteiger partial charge in [-0.15, -0.1) is 12.3 Å². The molecule has 0 aliphatic rings. The molecule has 16 heavy (non-hydrogen) atoms. The smallest absolute Gasteiger partial charge is 0.0442 e. The highest BCUT2D eigenvalue weighted by Crippen LogP contribution is 2.12. The van der Waals surface area contributed by atoms with Crippen molar-refractivity contribution >= 4 is 0 Å². The van der Waals surface area contributed by atoms with Crippen molar-refractivity contribution in [3.8, 4) is 12.3 Å². The third-order valence-corrected chi connectivity index (χ3v) is 2.56. The Morgan fingerprint density at radius 1 is 1.31 bits per heavy atom. The van der Waals surface area contributed by atoms with Crippen molar-refractivity contribution in [2.24, 2.45) is 5.92 Å². The highest BCUT2D eigenvalue weighted by atomic mass is 16.3. The van der Waals surface area contributed by atoms with Crippen LogP contribution in [0.25, 0.3) is 0 Å². The summed E-state index contributed by atoms with van der Waals surface area (Å²) in [4.78, 5) is 0. The van der Waals surface area contributed by atoms with Crippen LogP contribution >= 0.6 is 0 Å². The van der Waals surface area contributed by atoms with Gasteiger partial charge in [0.2, 0.25) is 0 Å². The van der Waals surface area contributed by atoms with Gasteiger partial charge in [0.25, 0.3) is 0 Å². The van der Waals surface area contributed by atoms with Crippen molar-refractivity contribution in [2.75, 3.05) is 6.61 Å². The lowest BCUT2D eigenvalue weighted by molar-refractivity contribution is 0.272. The van der Waals surface area contributed by atoms with Gasteiger partial charge in [0.15, 0.2) is 0 Å². The van der Waals surface area contributed by atoms with Gasteiger partial charge in [-0.05, 0) is 46.5 Å². The lowest BCUT2D eigenvalue weighted by Crippen LogP contribution is -1.98. The molecule has 0 bridgehead atoms. The van der Waals surface area contributed by atoms with Crippen molar-refractivity contribution < 1.29 is 5.11 Å². The largest absolute Gasteiger partial charge is 0.396 e. The van der Waals surface area contributed by atoms with Crippen molar-refractivity contribution in [1.82, 2.24) is 0 Å². The van der Waals surface area contributed by atoms with Crippen LogP contribution in [-0.4, -0.2) is 11.7 Å².